The molecule has 0 aliphatic carbocycles. The molecular formula is C12H7Br3. The summed E-state index contributed by atoms with van der Waals surface area (Å²) in [5.41, 5.74) is 2.39. The van der Waals surface area contributed by atoms with Crippen molar-refractivity contribution in [2.75, 3.05) is 0 Å². The molecule has 0 N–H and O–H groups in total. The van der Waals surface area contributed by atoms with Gasteiger partial charge in [0.1, 0.15) is 0 Å². The maximum atomic E-state index is 3.55. The van der Waals surface area contributed by atoms with Crippen LogP contribution in [-0.4, -0.2) is 0 Å². The summed E-state index contributed by atoms with van der Waals surface area (Å²) >= 11 is 10.5. The predicted octanol–water partition coefficient (Wildman–Crippen LogP) is 5.64. The lowest BCUT2D eigenvalue weighted by Crippen LogP contribution is -1.79. The molecule has 0 aliphatic heterocycles. The summed E-state index contributed by atoms with van der Waals surface area (Å²) in [6.45, 7) is 0. The third-order valence-electron chi connectivity index (χ3n) is 2.08. The molecule has 0 bridgehead atoms. The predicted molar refractivity (Wildman–Crippen MR) is 75.0 cm³/mol. The lowest BCUT2D eigenvalue weighted by atomic mass is 10.1. The molecule has 0 aromatic heterocycles. The van der Waals surface area contributed by atoms with Gasteiger partial charge in [0.25, 0.3) is 0 Å². The summed E-state index contributed by atoms with van der Waals surface area (Å²) in [5, 5.41) is 0. The Hall–Kier alpha value is -0.120. The van der Waals surface area contributed by atoms with Crippen LogP contribution in [0.15, 0.2) is 55.9 Å². The molecule has 0 heterocycles. The average molecular weight is 391 g/mol. The van der Waals surface area contributed by atoms with E-state index in [1.165, 1.54) is 11.1 Å². The molecule has 76 valence electrons. The summed E-state index contributed by atoms with van der Waals surface area (Å²) in [4.78, 5) is 0. The first kappa shape index (κ1) is 11.4. The SMILES string of the molecule is Brc1ccc(-c2cc(Br)ccc2Br)cc1. The van der Waals surface area contributed by atoms with E-state index in [1.54, 1.807) is 0 Å². The Morgan fingerprint density at radius 1 is 0.667 bits per heavy atom. The fraction of sp³-hybridized carbons (Fsp3) is 0. The van der Waals surface area contributed by atoms with Crippen molar-refractivity contribution >= 4 is 47.8 Å². The third-order valence-corrected chi connectivity index (χ3v) is 3.80. The molecule has 2 aromatic rings. The van der Waals surface area contributed by atoms with Crippen molar-refractivity contribution in [2.45, 2.75) is 0 Å². The Morgan fingerprint density at radius 2 is 1.27 bits per heavy atom. The molecule has 0 unspecified atom stereocenters. The highest BCUT2D eigenvalue weighted by Gasteiger charge is 2.03. The minimum Gasteiger partial charge on any atom is -0.0532 e. The van der Waals surface area contributed by atoms with Crippen molar-refractivity contribution in [3.63, 3.8) is 0 Å². The van der Waals surface area contributed by atoms with Crippen LogP contribution in [0.3, 0.4) is 0 Å². The van der Waals surface area contributed by atoms with E-state index in [0.29, 0.717) is 0 Å². The summed E-state index contributed by atoms with van der Waals surface area (Å²) < 4.78 is 3.29. The highest BCUT2D eigenvalue weighted by molar-refractivity contribution is 9.11. The van der Waals surface area contributed by atoms with E-state index in [1.807, 2.05) is 24.3 Å². The number of benzene rings is 2. The number of hydrogen-bond acceptors (Lipinski definition) is 0. The number of hydrogen-bond donors (Lipinski definition) is 0. The van der Waals surface area contributed by atoms with Crippen molar-refractivity contribution in [3.05, 3.63) is 55.9 Å². The van der Waals surface area contributed by atoms with Gasteiger partial charge in [-0.3, -0.25) is 0 Å². The molecule has 0 saturated carbocycles. The van der Waals surface area contributed by atoms with Gasteiger partial charge in [-0.05, 0) is 41.5 Å². The average Bonchev–Trinajstić information content (AvgIpc) is 2.23. The summed E-state index contributed by atoms with van der Waals surface area (Å²) in [6, 6.07) is 14.4. The van der Waals surface area contributed by atoms with Gasteiger partial charge in [-0.2, -0.15) is 0 Å². The fourth-order valence-corrected chi connectivity index (χ4v) is 2.45. The highest BCUT2D eigenvalue weighted by atomic mass is 79.9. The van der Waals surface area contributed by atoms with Gasteiger partial charge in [-0.15, -0.1) is 0 Å². The Morgan fingerprint density at radius 3 is 1.93 bits per heavy atom. The van der Waals surface area contributed by atoms with E-state index in [0.717, 1.165) is 13.4 Å². The monoisotopic (exact) mass is 388 g/mol. The topological polar surface area (TPSA) is 0 Å². The van der Waals surface area contributed by atoms with Crippen LogP contribution in [0.4, 0.5) is 0 Å². The zero-order valence-corrected chi connectivity index (χ0v) is 12.4. The van der Waals surface area contributed by atoms with Crippen LogP contribution in [0.5, 0.6) is 0 Å². The van der Waals surface area contributed by atoms with E-state index in [9.17, 15) is 0 Å². The normalized spacial score (nSPS) is 10.3. The largest absolute Gasteiger partial charge is 0.0532 e. The molecule has 0 nitrogen and oxygen atoms in total. The second-order valence-electron chi connectivity index (χ2n) is 3.13. The minimum atomic E-state index is 1.09. The standard InChI is InChI=1S/C12H7Br3/c13-9-3-1-8(2-4-9)11-7-10(14)5-6-12(11)15/h1-7H. The van der Waals surface area contributed by atoms with E-state index >= 15 is 0 Å². The Balaban J connectivity index is 2.53. The number of rotatable bonds is 1. The molecule has 0 amide bonds. The zero-order valence-electron chi connectivity index (χ0n) is 7.68. The third kappa shape index (κ3) is 2.71. The minimum absolute atomic E-state index is 1.09. The van der Waals surface area contributed by atoms with Crippen molar-refractivity contribution in [1.29, 1.82) is 0 Å². The molecule has 0 fully saturated rings. The van der Waals surface area contributed by atoms with E-state index in [-0.39, 0.29) is 0 Å². The molecule has 0 atom stereocenters. The Bertz CT molecular complexity index is 475. The second-order valence-corrected chi connectivity index (χ2v) is 5.82. The molecule has 2 rings (SSSR count). The van der Waals surface area contributed by atoms with Gasteiger partial charge in [0, 0.05) is 13.4 Å². The van der Waals surface area contributed by atoms with Crippen LogP contribution < -0.4 is 0 Å². The highest BCUT2D eigenvalue weighted by Crippen LogP contribution is 2.31. The summed E-state index contributed by atoms with van der Waals surface area (Å²) in [6.07, 6.45) is 0. The van der Waals surface area contributed by atoms with Gasteiger partial charge >= 0.3 is 0 Å². The maximum Gasteiger partial charge on any atom is 0.0254 e. The fourth-order valence-electron chi connectivity index (χ4n) is 1.35. The molecule has 15 heavy (non-hydrogen) atoms. The van der Waals surface area contributed by atoms with Crippen molar-refractivity contribution in [1.82, 2.24) is 0 Å². The van der Waals surface area contributed by atoms with Crippen molar-refractivity contribution < 1.29 is 0 Å². The van der Waals surface area contributed by atoms with Gasteiger partial charge < -0.3 is 0 Å². The molecule has 0 saturated heterocycles. The zero-order chi connectivity index (χ0) is 10.8. The molecular weight excluding hydrogens is 384 g/mol. The quantitative estimate of drug-likeness (QED) is 0.591. The Labute approximate surface area is 114 Å². The van der Waals surface area contributed by atoms with Gasteiger partial charge in [0.15, 0.2) is 0 Å². The van der Waals surface area contributed by atoms with Crippen molar-refractivity contribution in [2.24, 2.45) is 0 Å². The molecule has 0 aliphatic rings. The Kier molecular flexibility index (Phi) is 3.65. The van der Waals surface area contributed by atoms with E-state index in [4.69, 9.17) is 0 Å². The van der Waals surface area contributed by atoms with Crippen LogP contribution in [0, 0.1) is 0 Å². The van der Waals surface area contributed by atoms with Crippen LogP contribution in [-0.2, 0) is 0 Å². The van der Waals surface area contributed by atoms with Crippen LogP contribution in [0.25, 0.3) is 11.1 Å². The molecule has 2 aromatic carbocycles. The van der Waals surface area contributed by atoms with E-state index in [2.05, 4.69) is 66.0 Å². The summed E-state index contributed by atoms with van der Waals surface area (Å²) in [5.74, 6) is 0. The summed E-state index contributed by atoms with van der Waals surface area (Å²) in [7, 11) is 0. The second kappa shape index (κ2) is 4.81. The first-order valence-corrected chi connectivity index (χ1v) is 6.76. The van der Waals surface area contributed by atoms with Crippen LogP contribution in [0.2, 0.25) is 0 Å². The molecule has 0 spiro atoms. The maximum absolute atomic E-state index is 3.55. The molecule has 3 heteroatoms. The van der Waals surface area contributed by atoms with E-state index < -0.39 is 0 Å². The lowest BCUT2D eigenvalue weighted by molar-refractivity contribution is 1.55. The number of halogens is 3. The first-order valence-electron chi connectivity index (χ1n) is 4.38. The van der Waals surface area contributed by atoms with Gasteiger partial charge in [0.2, 0.25) is 0 Å². The lowest BCUT2D eigenvalue weighted by Gasteiger charge is -2.05. The van der Waals surface area contributed by atoms with Gasteiger partial charge in [-0.25, -0.2) is 0 Å². The van der Waals surface area contributed by atoms with Crippen molar-refractivity contribution in [3.8, 4) is 11.1 Å². The van der Waals surface area contributed by atoms with Gasteiger partial charge in [-0.1, -0.05) is 59.9 Å². The van der Waals surface area contributed by atoms with Crippen LogP contribution >= 0.6 is 47.8 Å². The smallest absolute Gasteiger partial charge is 0.0254 e. The van der Waals surface area contributed by atoms with Crippen LogP contribution in [0.1, 0.15) is 0 Å². The molecule has 0 radical (unpaired) electrons. The van der Waals surface area contributed by atoms with Gasteiger partial charge in [0.05, 0.1) is 0 Å². The first-order chi connectivity index (χ1) is 7.16.